The van der Waals surface area contributed by atoms with Crippen LogP contribution in [0.15, 0.2) is 69.7 Å². The van der Waals surface area contributed by atoms with E-state index in [9.17, 15) is 14.9 Å². The van der Waals surface area contributed by atoms with Crippen LogP contribution in [0.1, 0.15) is 32.2 Å². The summed E-state index contributed by atoms with van der Waals surface area (Å²) in [6.45, 7) is 0. The van der Waals surface area contributed by atoms with Gasteiger partial charge in [-0.3, -0.25) is 9.59 Å². The van der Waals surface area contributed by atoms with Crippen molar-refractivity contribution in [2.45, 2.75) is 5.92 Å². The molecule has 1 aliphatic heterocycles. The monoisotopic (exact) mass is 436 g/mol. The molecular formula is C21H13BrN2O4. The number of carbonyl (C=O) groups is 2. The number of carbonyl (C=O) groups excluding carboxylic acids is 2. The van der Waals surface area contributed by atoms with Crippen molar-refractivity contribution in [1.82, 2.24) is 0 Å². The molecule has 138 valence electrons. The second-order valence-corrected chi connectivity index (χ2v) is 7.12. The summed E-state index contributed by atoms with van der Waals surface area (Å²) in [6.07, 6.45) is 0. The molecular weight excluding hydrogens is 424 g/mol. The van der Waals surface area contributed by atoms with E-state index in [1.807, 2.05) is 6.07 Å². The van der Waals surface area contributed by atoms with Crippen LogP contribution >= 0.6 is 15.9 Å². The van der Waals surface area contributed by atoms with Crippen LogP contribution in [-0.2, 0) is 4.74 Å². The highest BCUT2D eigenvalue weighted by atomic mass is 79.9. The molecule has 1 atom stereocenters. The fourth-order valence-electron chi connectivity index (χ4n) is 3.50. The lowest BCUT2D eigenvalue weighted by Crippen LogP contribution is -2.32. The van der Waals surface area contributed by atoms with E-state index >= 15 is 0 Å². The lowest BCUT2D eigenvalue weighted by Gasteiger charge is -2.31. The Labute approximate surface area is 169 Å². The van der Waals surface area contributed by atoms with Crippen molar-refractivity contribution in [3.8, 4) is 11.8 Å². The van der Waals surface area contributed by atoms with Crippen LogP contribution in [-0.4, -0.2) is 18.7 Å². The van der Waals surface area contributed by atoms with Gasteiger partial charge >= 0.3 is 0 Å². The fourth-order valence-corrected chi connectivity index (χ4v) is 4.06. The van der Waals surface area contributed by atoms with Crippen LogP contribution in [0.3, 0.4) is 0 Å². The maximum atomic E-state index is 13.3. The predicted octanol–water partition coefficient (Wildman–Crippen LogP) is 3.60. The summed E-state index contributed by atoms with van der Waals surface area (Å²) in [5.74, 6) is -1.32. The molecule has 0 unspecified atom stereocenters. The lowest BCUT2D eigenvalue weighted by atomic mass is 9.75. The van der Waals surface area contributed by atoms with E-state index in [0.717, 1.165) is 0 Å². The Morgan fingerprint density at radius 2 is 1.82 bits per heavy atom. The average Bonchev–Trinajstić information content (AvgIpc) is 2.71. The highest BCUT2D eigenvalue weighted by Gasteiger charge is 2.43. The number of hydrogen-bond acceptors (Lipinski definition) is 6. The van der Waals surface area contributed by atoms with Gasteiger partial charge in [0.15, 0.2) is 11.5 Å². The van der Waals surface area contributed by atoms with Crippen LogP contribution in [0, 0.1) is 11.3 Å². The summed E-state index contributed by atoms with van der Waals surface area (Å²) < 4.78 is 11.4. The van der Waals surface area contributed by atoms with Crippen molar-refractivity contribution in [3.05, 3.63) is 86.4 Å². The maximum Gasteiger partial charge on any atom is 0.229 e. The quantitative estimate of drug-likeness (QED) is 0.771. The molecule has 0 saturated heterocycles. The number of nitrogens with two attached hydrogens (primary N) is 1. The Balaban J connectivity index is 1.96. The minimum Gasteiger partial charge on any atom is -0.496 e. The van der Waals surface area contributed by atoms with E-state index in [0.29, 0.717) is 15.8 Å². The third-order valence-electron chi connectivity index (χ3n) is 4.80. The summed E-state index contributed by atoms with van der Waals surface area (Å²) in [6, 6.07) is 13.7. The molecule has 0 spiro atoms. The topological polar surface area (TPSA) is 102 Å². The van der Waals surface area contributed by atoms with Crippen molar-refractivity contribution in [2.75, 3.05) is 7.11 Å². The van der Waals surface area contributed by atoms with Gasteiger partial charge in [0.25, 0.3) is 0 Å². The van der Waals surface area contributed by atoms with E-state index in [2.05, 4.69) is 15.9 Å². The summed E-state index contributed by atoms with van der Waals surface area (Å²) >= 11 is 3.42. The number of nitriles is 1. The zero-order chi connectivity index (χ0) is 20.0. The first-order valence-electron chi connectivity index (χ1n) is 8.31. The number of ether oxygens (including phenoxy) is 2. The predicted molar refractivity (Wildman–Crippen MR) is 103 cm³/mol. The highest BCUT2D eigenvalue weighted by molar-refractivity contribution is 9.10. The zero-order valence-electron chi connectivity index (χ0n) is 14.7. The van der Waals surface area contributed by atoms with Crippen molar-refractivity contribution in [2.24, 2.45) is 5.73 Å². The van der Waals surface area contributed by atoms with E-state index in [1.165, 1.54) is 7.11 Å². The Bertz CT molecular complexity index is 1160. The molecule has 0 saturated carbocycles. The van der Waals surface area contributed by atoms with Gasteiger partial charge in [0, 0.05) is 11.1 Å². The third kappa shape index (κ3) is 2.53. The van der Waals surface area contributed by atoms with Crippen molar-refractivity contribution < 1.29 is 19.1 Å². The summed E-state index contributed by atoms with van der Waals surface area (Å²) in [5.41, 5.74) is 7.30. The smallest absolute Gasteiger partial charge is 0.229 e. The van der Waals surface area contributed by atoms with Crippen LogP contribution in [0.4, 0.5) is 0 Å². The molecule has 0 fully saturated rings. The van der Waals surface area contributed by atoms with Gasteiger partial charge < -0.3 is 15.2 Å². The van der Waals surface area contributed by atoms with Crippen LogP contribution in [0.25, 0.3) is 0 Å². The number of nitrogens with zero attached hydrogens (tertiary/aromatic N) is 1. The number of hydrogen-bond donors (Lipinski definition) is 1. The van der Waals surface area contributed by atoms with Crippen LogP contribution in [0.2, 0.25) is 0 Å². The second-order valence-electron chi connectivity index (χ2n) is 6.27. The minimum atomic E-state index is -0.819. The van der Waals surface area contributed by atoms with Gasteiger partial charge in [-0.15, -0.1) is 0 Å². The molecule has 0 amide bonds. The molecule has 6 nitrogen and oxygen atoms in total. The minimum absolute atomic E-state index is 0.0800. The summed E-state index contributed by atoms with van der Waals surface area (Å²) in [5, 5.41) is 9.68. The number of fused-ring (bicyclic) bond motifs is 1. The highest BCUT2D eigenvalue weighted by Crippen LogP contribution is 2.45. The largest absolute Gasteiger partial charge is 0.496 e. The second kappa shape index (κ2) is 6.66. The SMILES string of the molecule is COc1ccc([C@@H]2C(C#N)=C(N)OC3=C2C(=O)c2ccccc2C3=O)cc1Br. The normalized spacial score (nSPS) is 18.2. The molecule has 0 radical (unpaired) electrons. The molecule has 7 heteroatoms. The van der Waals surface area contributed by atoms with Crippen molar-refractivity contribution in [1.29, 1.82) is 5.26 Å². The van der Waals surface area contributed by atoms with Gasteiger partial charge in [-0.2, -0.15) is 5.26 Å². The van der Waals surface area contributed by atoms with Gasteiger partial charge in [-0.1, -0.05) is 30.3 Å². The summed E-state index contributed by atoms with van der Waals surface area (Å²) in [7, 11) is 1.54. The number of benzene rings is 2. The number of rotatable bonds is 2. The molecule has 2 aromatic rings. The van der Waals surface area contributed by atoms with E-state index in [4.69, 9.17) is 15.2 Å². The number of ketones is 2. The first-order valence-corrected chi connectivity index (χ1v) is 9.10. The Kier molecular flexibility index (Phi) is 4.28. The van der Waals surface area contributed by atoms with Gasteiger partial charge in [-0.25, -0.2) is 0 Å². The van der Waals surface area contributed by atoms with Crippen molar-refractivity contribution in [3.63, 3.8) is 0 Å². The van der Waals surface area contributed by atoms with E-state index < -0.39 is 11.7 Å². The van der Waals surface area contributed by atoms with Gasteiger partial charge in [-0.05, 0) is 33.6 Å². The van der Waals surface area contributed by atoms with Gasteiger partial charge in [0.1, 0.15) is 17.4 Å². The van der Waals surface area contributed by atoms with E-state index in [-0.39, 0.29) is 39.7 Å². The average molecular weight is 437 g/mol. The number of allylic oxidation sites excluding steroid dienone is 3. The molecule has 2 aromatic carbocycles. The number of halogens is 1. The maximum absolute atomic E-state index is 13.3. The fraction of sp³-hybridized carbons (Fsp3) is 0.0952. The molecule has 2 aliphatic rings. The number of methoxy groups -OCH3 is 1. The Morgan fingerprint density at radius 1 is 1.14 bits per heavy atom. The Morgan fingerprint density at radius 3 is 2.43 bits per heavy atom. The van der Waals surface area contributed by atoms with Crippen molar-refractivity contribution >= 4 is 27.5 Å². The molecule has 0 bridgehead atoms. The molecule has 4 rings (SSSR count). The van der Waals surface area contributed by atoms with Gasteiger partial charge in [0.2, 0.25) is 11.7 Å². The standard InChI is InChI=1S/C21H13BrN2O4/c1-27-15-7-6-10(8-14(15)22)16-13(9-23)21(24)28-20-17(16)18(25)11-4-2-3-5-12(11)19(20)26/h2-8,16H,24H2,1H3/t16-/m1/s1. The van der Waals surface area contributed by atoms with E-state index in [1.54, 1.807) is 42.5 Å². The Hall–Kier alpha value is -3.37. The summed E-state index contributed by atoms with van der Waals surface area (Å²) in [4.78, 5) is 26.2. The molecule has 0 aromatic heterocycles. The number of Topliss-reactive ketones (excluding diaryl/α,β-unsaturated/α-hetero) is 2. The van der Waals surface area contributed by atoms with Crippen LogP contribution < -0.4 is 10.5 Å². The molecule has 2 N–H and O–H groups in total. The third-order valence-corrected chi connectivity index (χ3v) is 5.42. The molecule has 1 heterocycles. The zero-order valence-corrected chi connectivity index (χ0v) is 16.2. The lowest BCUT2D eigenvalue weighted by molar-refractivity contribution is 0.0897. The van der Waals surface area contributed by atoms with Crippen LogP contribution in [0.5, 0.6) is 5.75 Å². The van der Waals surface area contributed by atoms with Gasteiger partial charge in [0.05, 0.1) is 23.1 Å². The first kappa shape index (κ1) is 18.0. The molecule has 28 heavy (non-hydrogen) atoms. The first-order chi connectivity index (χ1) is 13.5. The molecule has 1 aliphatic carbocycles.